The molecule has 0 unspecified atom stereocenters. The molecule has 0 aliphatic carbocycles. The van der Waals surface area contributed by atoms with Gasteiger partial charge in [0.1, 0.15) is 0 Å². The molecule has 0 atom stereocenters. The minimum Gasteiger partial charge on any atom is -0.490 e. The highest BCUT2D eigenvalue weighted by Gasteiger charge is 2.06. The lowest BCUT2D eigenvalue weighted by atomic mass is 10.1. The van der Waals surface area contributed by atoms with Gasteiger partial charge in [0.15, 0.2) is 16.6 Å². The largest absolute Gasteiger partial charge is 0.490 e. The number of nitrogens with one attached hydrogen (secondary N) is 2. The number of benzene rings is 2. The fourth-order valence-corrected chi connectivity index (χ4v) is 2.80. The van der Waals surface area contributed by atoms with Crippen molar-refractivity contribution in [3.05, 3.63) is 59.7 Å². The summed E-state index contributed by atoms with van der Waals surface area (Å²) in [5, 5.41) is 7.20. The van der Waals surface area contributed by atoms with Crippen molar-refractivity contribution in [2.45, 2.75) is 26.7 Å². The monoisotopic (exact) mass is 372 g/mol. The van der Waals surface area contributed by atoms with Crippen molar-refractivity contribution >= 4 is 17.3 Å². The first-order valence-corrected chi connectivity index (χ1v) is 9.58. The summed E-state index contributed by atoms with van der Waals surface area (Å²) in [7, 11) is 0. The maximum atomic E-state index is 5.67. The Bertz CT molecular complexity index is 677. The van der Waals surface area contributed by atoms with Crippen molar-refractivity contribution in [2.24, 2.45) is 0 Å². The minimum absolute atomic E-state index is 0.622. The highest BCUT2D eigenvalue weighted by Crippen LogP contribution is 2.28. The zero-order valence-electron chi connectivity index (χ0n) is 15.6. The predicted octanol–water partition coefficient (Wildman–Crippen LogP) is 3.73. The van der Waals surface area contributed by atoms with Crippen LogP contribution in [0, 0.1) is 0 Å². The third kappa shape index (κ3) is 6.92. The molecule has 0 amide bonds. The molecular weight excluding hydrogens is 344 g/mol. The van der Waals surface area contributed by atoms with Crippen molar-refractivity contribution in [3.8, 4) is 11.5 Å². The van der Waals surface area contributed by atoms with Gasteiger partial charge in [-0.1, -0.05) is 36.4 Å². The molecule has 0 heterocycles. The number of rotatable bonds is 10. The molecule has 5 heteroatoms. The Morgan fingerprint density at radius 2 is 1.42 bits per heavy atom. The van der Waals surface area contributed by atoms with E-state index in [0.29, 0.717) is 18.3 Å². The number of ether oxygens (including phenoxy) is 2. The Kier molecular flexibility index (Phi) is 8.76. The number of hydrogen-bond donors (Lipinski definition) is 2. The Morgan fingerprint density at radius 3 is 2.08 bits per heavy atom. The molecule has 140 valence electrons. The van der Waals surface area contributed by atoms with Crippen molar-refractivity contribution < 1.29 is 9.47 Å². The van der Waals surface area contributed by atoms with Crippen LogP contribution in [0.15, 0.2) is 48.5 Å². The first kappa shape index (κ1) is 20.0. The van der Waals surface area contributed by atoms with Crippen LogP contribution in [0.25, 0.3) is 0 Å². The summed E-state index contributed by atoms with van der Waals surface area (Å²) in [5.74, 6) is 1.60. The Balaban J connectivity index is 1.72. The molecule has 2 aromatic rings. The summed E-state index contributed by atoms with van der Waals surface area (Å²) in [6, 6.07) is 16.5. The summed E-state index contributed by atoms with van der Waals surface area (Å²) in [4.78, 5) is 0. The smallest absolute Gasteiger partial charge is 0.166 e. The van der Waals surface area contributed by atoms with Gasteiger partial charge in [0.2, 0.25) is 0 Å². The lowest BCUT2D eigenvalue weighted by Gasteiger charge is -2.13. The van der Waals surface area contributed by atoms with Crippen LogP contribution in [0.1, 0.15) is 25.0 Å². The molecule has 2 aromatic carbocycles. The Morgan fingerprint density at radius 1 is 0.808 bits per heavy atom. The van der Waals surface area contributed by atoms with Gasteiger partial charge in [0.05, 0.1) is 13.2 Å². The van der Waals surface area contributed by atoms with Crippen LogP contribution in [0.4, 0.5) is 0 Å². The maximum Gasteiger partial charge on any atom is 0.166 e. The third-order valence-electron chi connectivity index (χ3n) is 3.85. The molecule has 0 aromatic heterocycles. The van der Waals surface area contributed by atoms with Gasteiger partial charge in [-0.05, 0) is 62.2 Å². The molecule has 0 spiro atoms. The average molecular weight is 373 g/mol. The molecule has 4 nitrogen and oxygen atoms in total. The van der Waals surface area contributed by atoms with Gasteiger partial charge in [-0.15, -0.1) is 0 Å². The highest BCUT2D eigenvalue weighted by atomic mass is 32.1. The van der Waals surface area contributed by atoms with Crippen LogP contribution < -0.4 is 20.1 Å². The fourth-order valence-electron chi connectivity index (χ4n) is 2.60. The second-order valence-corrected chi connectivity index (χ2v) is 6.22. The van der Waals surface area contributed by atoms with Gasteiger partial charge in [0.25, 0.3) is 0 Å². The van der Waals surface area contributed by atoms with E-state index < -0.39 is 0 Å². The van der Waals surface area contributed by atoms with Crippen molar-refractivity contribution in [3.63, 3.8) is 0 Å². The van der Waals surface area contributed by atoms with Gasteiger partial charge in [0, 0.05) is 13.1 Å². The maximum absolute atomic E-state index is 5.67. The van der Waals surface area contributed by atoms with E-state index in [2.05, 4.69) is 41.0 Å². The van der Waals surface area contributed by atoms with E-state index in [4.69, 9.17) is 21.7 Å². The second kappa shape index (κ2) is 11.4. The standard InChI is InChI=1S/C21H28N2O2S/c1-3-24-19-11-10-18(16-20(19)25-4-2)13-15-23-21(26)22-14-12-17-8-6-5-7-9-17/h5-11,16H,3-4,12-15H2,1-2H3,(H2,22,23,26). The zero-order valence-corrected chi connectivity index (χ0v) is 16.4. The molecule has 0 saturated heterocycles. The zero-order chi connectivity index (χ0) is 18.6. The van der Waals surface area contributed by atoms with E-state index in [-0.39, 0.29) is 0 Å². The molecule has 2 N–H and O–H groups in total. The SMILES string of the molecule is CCOc1ccc(CCNC(=S)NCCc2ccccc2)cc1OCC. The van der Waals surface area contributed by atoms with Crippen molar-refractivity contribution in [1.29, 1.82) is 0 Å². The first-order chi connectivity index (χ1) is 12.7. The average Bonchev–Trinajstić information content (AvgIpc) is 2.65. The van der Waals surface area contributed by atoms with E-state index in [1.54, 1.807) is 0 Å². The fraction of sp³-hybridized carbons (Fsp3) is 0.381. The molecule has 0 saturated carbocycles. The van der Waals surface area contributed by atoms with Crippen LogP contribution in [0.2, 0.25) is 0 Å². The van der Waals surface area contributed by atoms with Gasteiger partial charge in [-0.3, -0.25) is 0 Å². The molecule has 0 aliphatic rings. The van der Waals surface area contributed by atoms with Crippen LogP contribution in [-0.2, 0) is 12.8 Å². The number of thiocarbonyl (C=S) groups is 1. The quantitative estimate of drug-likeness (QED) is 0.622. The molecule has 0 radical (unpaired) electrons. The molecule has 26 heavy (non-hydrogen) atoms. The Hall–Kier alpha value is -2.27. The molecule has 2 rings (SSSR count). The summed E-state index contributed by atoms with van der Waals surface area (Å²) in [6.07, 6.45) is 1.83. The number of hydrogen-bond acceptors (Lipinski definition) is 3. The molecular formula is C21H28N2O2S. The third-order valence-corrected chi connectivity index (χ3v) is 4.14. The normalized spacial score (nSPS) is 10.2. The second-order valence-electron chi connectivity index (χ2n) is 5.82. The van der Waals surface area contributed by atoms with Gasteiger partial charge in [-0.2, -0.15) is 0 Å². The molecule has 0 bridgehead atoms. The summed E-state index contributed by atoms with van der Waals surface area (Å²) in [5.41, 5.74) is 2.50. The lowest BCUT2D eigenvalue weighted by Crippen LogP contribution is -2.37. The summed E-state index contributed by atoms with van der Waals surface area (Å²) >= 11 is 5.34. The van der Waals surface area contributed by atoms with Gasteiger partial charge < -0.3 is 20.1 Å². The first-order valence-electron chi connectivity index (χ1n) is 9.17. The minimum atomic E-state index is 0.622. The summed E-state index contributed by atoms with van der Waals surface area (Å²) in [6.45, 7) is 6.80. The van der Waals surface area contributed by atoms with Crippen LogP contribution in [0.3, 0.4) is 0 Å². The molecule has 0 aliphatic heterocycles. The van der Waals surface area contributed by atoms with Crippen molar-refractivity contribution in [1.82, 2.24) is 10.6 Å². The van der Waals surface area contributed by atoms with E-state index in [0.717, 1.165) is 37.4 Å². The molecule has 0 fully saturated rings. The summed E-state index contributed by atoms with van der Waals surface area (Å²) < 4.78 is 11.3. The Labute approximate surface area is 161 Å². The topological polar surface area (TPSA) is 42.5 Å². The highest BCUT2D eigenvalue weighted by molar-refractivity contribution is 7.80. The lowest BCUT2D eigenvalue weighted by molar-refractivity contribution is 0.287. The van der Waals surface area contributed by atoms with E-state index >= 15 is 0 Å². The van der Waals surface area contributed by atoms with Crippen LogP contribution in [0.5, 0.6) is 11.5 Å². The van der Waals surface area contributed by atoms with E-state index in [1.807, 2.05) is 32.0 Å². The van der Waals surface area contributed by atoms with Crippen LogP contribution >= 0.6 is 12.2 Å². The van der Waals surface area contributed by atoms with E-state index in [9.17, 15) is 0 Å². The van der Waals surface area contributed by atoms with Crippen LogP contribution in [-0.4, -0.2) is 31.4 Å². The predicted molar refractivity (Wildman–Crippen MR) is 111 cm³/mol. The van der Waals surface area contributed by atoms with Gasteiger partial charge >= 0.3 is 0 Å². The van der Waals surface area contributed by atoms with Gasteiger partial charge in [-0.25, -0.2) is 0 Å². The van der Waals surface area contributed by atoms with Crippen molar-refractivity contribution in [2.75, 3.05) is 26.3 Å². The van der Waals surface area contributed by atoms with E-state index in [1.165, 1.54) is 11.1 Å².